The van der Waals surface area contributed by atoms with Crippen LogP contribution in [-0.4, -0.2) is 35.0 Å². The molecule has 0 atom stereocenters. The van der Waals surface area contributed by atoms with Crippen molar-refractivity contribution in [1.82, 2.24) is 4.90 Å². The van der Waals surface area contributed by atoms with Crippen LogP contribution in [0.25, 0.3) is 0 Å². The van der Waals surface area contributed by atoms with Crippen molar-refractivity contribution in [1.29, 1.82) is 0 Å². The van der Waals surface area contributed by atoms with Crippen LogP contribution in [0.3, 0.4) is 0 Å². The number of amides is 1. The SMILES string of the molecule is O=C(Cc1c(Cl)cccc1Cl)N1CCC(C(=O)O)(c2ccccc2)CC1. The van der Waals surface area contributed by atoms with E-state index in [4.69, 9.17) is 23.2 Å². The maximum Gasteiger partial charge on any atom is 0.314 e. The summed E-state index contributed by atoms with van der Waals surface area (Å²) in [6, 6.07) is 14.4. The number of halogens is 2. The molecule has 1 aliphatic rings. The van der Waals surface area contributed by atoms with Crippen LogP contribution in [0.1, 0.15) is 24.0 Å². The Labute approximate surface area is 162 Å². The zero-order chi connectivity index (χ0) is 18.7. The summed E-state index contributed by atoms with van der Waals surface area (Å²) in [5.74, 6) is -0.933. The minimum absolute atomic E-state index is 0.0907. The Morgan fingerprint density at radius 1 is 0.962 bits per heavy atom. The Bertz CT molecular complexity index is 795. The first kappa shape index (κ1) is 18.7. The summed E-state index contributed by atoms with van der Waals surface area (Å²) in [6.07, 6.45) is 0.882. The Morgan fingerprint density at radius 3 is 2.08 bits per heavy atom. The maximum absolute atomic E-state index is 12.7. The van der Waals surface area contributed by atoms with Gasteiger partial charge in [-0.1, -0.05) is 59.6 Å². The minimum Gasteiger partial charge on any atom is -0.481 e. The highest BCUT2D eigenvalue weighted by molar-refractivity contribution is 6.36. The van der Waals surface area contributed by atoms with Crippen LogP contribution in [0, 0.1) is 0 Å². The normalized spacial score (nSPS) is 16.3. The highest BCUT2D eigenvalue weighted by Crippen LogP contribution is 2.36. The first-order chi connectivity index (χ1) is 12.4. The van der Waals surface area contributed by atoms with Crippen LogP contribution >= 0.6 is 23.2 Å². The van der Waals surface area contributed by atoms with E-state index in [1.165, 1.54) is 0 Å². The summed E-state index contributed by atoms with van der Waals surface area (Å²) in [5.41, 5.74) is 0.452. The lowest BCUT2D eigenvalue weighted by atomic mass is 9.73. The largest absolute Gasteiger partial charge is 0.481 e. The van der Waals surface area contributed by atoms with E-state index in [1.54, 1.807) is 23.1 Å². The molecule has 0 saturated carbocycles. The molecule has 0 aromatic heterocycles. The van der Waals surface area contributed by atoms with Gasteiger partial charge in [0.15, 0.2) is 0 Å². The van der Waals surface area contributed by atoms with Crippen molar-refractivity contribution in [2.24, 2.45) is 0 Å². The number of benzene rings is 2. The van der Waals surface area contributed by atoms with E-state index in [0.717, 1.165) is 5.56 Å². The van der Waals surface area contributed by atoms with Crippen LogP contribution in [0.4, 0.5) is 0 Å². The zero-order valence-corrected chi connectivity index (χ0v) is 15.6. The third kappa shape index (κ3) is 3.57. The number of aliphatic carboxylic acids is 1. The van der Waals surface area contributed by atoms with Crippen LogP contribution < -0.4 is 0 Å². The monoisotopic (exact) mass is 391 g/mol. The fourth-order valence-electron chi connectivity index (χ4n) is 3.49. The fraction of sp³-hybridized carbons (Fsp3) is 0.300. The van der Waals surface area contributed by atoms with Crippen molar-refractivity contribution in [3.05, 3.63) is 69.7 Å². The predicted molar refractivity (Wildman–Crippen MR) is 102 cm³/mol. The lowest BCUT2D eigenvalue weighted by Gasteiger charge is -2.39. The Morgan fingerprint density at radius 2 is 1.54 bits per heavy atom. The van der Waals surface area contributed by atoms with Gasteiger partial charge in [0, 0.05) is 23.1 Å². The van der Waals surface area contributed by atoms with Crippen molar-refractivity contribution in [2.75, 3.05) is 13.1 Å². The fourth-order valence-corrected chi connectivity index (χ4v) is 4.02. The molecule has 0 unspecified atom stereocenters. The summed E-state index contributed by atoms with van der Waals surface area (Å²) in [6.45, 7) is 0.782. The van der Waals surface area contributed by atoms with Gasteiger partial charge >= 0.3 is 5.97 Å². The molecule has 0 spiro atoms. The number of hydrogen-bond acceptors (Lipinski definition) is 2. The summed E-state index contributed by atoms with van der Waals surface area (Å²) >= 11 is 12.3. The highest BCUT2D eigenvalue weighted by Gasteiger charge is 2.43. The standard InChI is InChI=1S/C20H19Cl2NO3/c21-16-7-4-8-17(22)15(16)13-18(24)23-11-9-20(10-12-23,19(25)26)14-5-2-1-3-6-14/h1-8H,9-13H2,(H,25,26). The van der Waals surface area contributed by atoms with Crippen molar-refractivity contribution < 1.29 is 14.7 Å². The molecule has 2 aromatic rings. The van der Waals surface area contributed by atoms with E-state index in [2.05, 4.69) is 0 Å². The molecular weight excluding hydrogens is 373 g/mol. The minimum atomic E-state index is -0.944. The van der Waals surface area contributed by atoms with Gasteiger partial charge in [-0.25, -0.2) is 0 Å². The van der Waals surface area contributed by atoms with Gasteiger partial charge < -0.3 is 10.0 Å². The topological polar surface area (TPSA) is 57.6 Å². The number of hydrogen-bond donors (Lipinski definition) is 1. The number of carboxylic acids is 1. The van der Waals surface area contributed by atoms with Crippen molar-refractivity contribution in [3.8, 4) is 0 Å². The zero-order valence-electron chi connectivity index (χ0n) is 14.1. The molecule has 1 amide bonds. The van der Waals surface area contributed by atoms with Crippen LogP contribution in [-0.2, 0) is 21.4 Å². The number of carbonyl (C=O) groups excluding carboxylic acids is 1. The summed E-state index contributed by atoms with van der Waals surface area (Å²) in [5, 5.41) is 10.8. The molecule has 3 rings (SSSR count). The average molecular weight is 392 g/mol. The molecule has 26 heavy (non-hydrogen) atoms. The number of likely N-dealkylation sites (tertiary alicyclic amines) is 1. The molecule has 0 aliphatic carbocycles. The molecule has 0 bridgehead atoms. The average Bonchev–Trinajstić information content (AvgIpc) is 2.65. The Balaban J connectivity index is 1.73. The van der Waals surface area contributed by atoms with E-state index >= 15 is 0 Å². The second-order valence-electron chi connectivity index (χ2n) is 6.51. The van der Waals surface area contributed by atoms with E-state index < -0.39 is 11.4 Å². The number of carbonyl (C=O) groups is 2. The van der Waals surface area contributed by atoms with E-state index in [1.807, 2.05) is 30.3 Å². The highest BCUT2D eigenvalue weighted by atomic mass is 35.5. The van der Waals surface area contributed by atoms with Gasteiger partial charge in [-0.2, -0.15) is 0 Å². The van der Waals surface area contributed by atoms with Gasteiger partial charge in [0.1, 0.15) is 0 Å². The van der Waals surface area contributed by atoms with Gasteiger partial charge in [0.05, 0.1) is 11.8 Å². The second kappa shape index (κ2) is 7.68. The Kier molecular flexibility index (Phi) is 5.54. The molecule has 1 aliphatic heterocycles. The third-order valence-electron chi connectivity index (χ3n) is 5.10. The summed E-state index contributed by atoms with van der Waals surface area (Å²) < 4.78 is 0. The number of nitrogens with zero attached hydrogens (tertiary/aromatic N) is 1. The molecule has 2 aromatic carbocycles. The van der Waals surface area contributed by atoms with Crippen molar-refractivity contribution in [2.45, 2.75) is 24.7 Å². The predicted octanol–water partition coefficient (Wildman–Crippen LogP) is 4.18. The van der Waals surface area contributed by atoms with E-state index in [-0.39, 0.29) is 12.3 Å². The summed E-state index contributed by atoms with van der Waals surface area (Å²) in [4.78, 5) is 26.3. The molecular formula is C20H19Cl2NO3. The lowest BCUT2D eigenvalue weighted by molar-refractivity contribution is -0.148. The van der Waals surface area contributed by atoms with Gasteiger partial charge in [0.25, 0.3) is 0 Å². The molecule has 1 N–H and O–H groups in total. The number of carboxylic acid groups (broad SMARTS) is 1. The maximum atomic E-state index is 12.7. The van der Waals surface area contributed by atoms with Crippen molar-refractivity contribution >= 4 is 35.1 Å². The third-order valence-corrected chi connectivity index (χ3v) is 5.80. The van der Waals surface area contributed by atoms with E-state index in [9.17, 15) is 14.7 Å². The molecule has 6 heteroatoms. The van der Waals surface area contributed by atoms with Crippen molar-refractivity contribution in [3.63, 3.8) is 0 Å². The van der Waals surface area contributed by atoms with Gasteiger partial charge in [-0.05, 0) is 36.1 Å². The number of rotatable bonds is 4. The van der Waals surface area contributed by atoms with Crippen LogP contribution in [0.5, 0.6) is 0 Å². The lowest BCUT2D eigenvalue weighted by Crippen LogP contribution is -2.49. The van der Waals surface area contributed by atoms with Crippen LogP contribution in [0.15, 0.2) is 48.5 Å². The van der Waals surface area contributed by atoms with Gasteiger partial charge in [0.2, 0.25) is 5.91 Å². The van der Waals surface area contributed by atoms with E-state index in [0.29, 0.717) is 41.5 Å². The quantitative estimate of drug-likeness (QED) is 0.849. The smallest absolute Gasteiger partial charge is 0.314 e. The number of piperidine rings is 1. The van der Waals surface area contributed by atoms with Gasteiger partial charge in [-0.15, -0.1) is 0 Å². The molecule has 0 radical (unpaired) electrons. The van der Waals surface area contributed by atoms with Crippen LogP contribution in [0.2, 0.25) is 10.0 Å². The molecule has 4 nitrogen and oxygen atoms in total. The molecule has 1 fully saturated rings. The first-order valence-corrected chi connectivity index (χ1v) is 9.19. The van der Waals surface area contributed by atoms with Gasteiger partial charge in [-0.3, -0.25) is 9.59 Å². The molecule has 1 heterocycles. The summed E-state index contributed by atoms with van der Waals surface area (Å²) in [7, 11) is 0. The molecule has 1 saturated heterocycles. The molecule has 136 valence electrons. The second-order valence-corrected chi connectivity index (χ2v) is 7.33. The first-order valence-electron chi connectivity index (χ1n) is 8.43. The Hall–Kier alpha value is -2.04.